The van der Waals surface area contributed by atoms with Crippen LogP contribution in [0, 0.1) is 0 Å². The van der Waals surface area contributed by atoms with E-state index in [0.717, 1.165) is 0 Å². The maximum atomic E-state index is 12.0. The molecule has 1 N–H and O–H groups in total. The van der Waals surface area contributed by atoms with Gasteiger partial charge in [0.2, 0.25) is 0 Å². The fraction of sp³-hybridized carbons (Fsp3) is 0.774. The zero-order chi connectivity index (χ0) is 34.3. The molecule has 0 atom stereocenters. The smallest absolute Gasteiger partial charge is 0.407 e. The van der Waals surface area contributed by atoms with Gasteiger partial charge in [-0.3, -0.25) is 4.18 Å². The Kier molecular flexibility index (Phi) is 26.6. The van der Waals surface area contributed by atoms with Gasteiger partial charge in [0.05, 0.1) is 130 Å². The molecule has 274 valence electrons. The lowest BCUT2D eigenvalue weighted by molar-refractivity contribution is -0.0253. The Balaban J connectivity index is 1.68. The highest BCUT2D eigenvalue weighted by Gasteiger charge is 2.15. The van der Waals surface area contributed by atoms with Crippen LogP contribution in [0.4, 0.5) is 4.79 Å². The predicted octanol–water partition coefficient (Wildman–Crippen LogP) is 2.07. The van der Waals surface area contributed by atoms with Gasteiger partial charge in [-0.2, -0.15) is 8.42 Å². The van der Waals surface area contributed by atoms with Crippen molar-refractivity contribution in [1.82, 2.24) is 5.32 Å². The van der Waals surface area contributed by atoms with Crippen LogP contribution in [0.3, 0.4) is 0 Å². The number of benzene rings is 1. The number of carbonyl (C=O) groups is 1. The van der Waals surface area contributed by atoms with Gasteiger partial charge in [-0.15, -0.1) is 0 Å². The molecule has 0 bridgehead atoms. The van der Waals surface area contributed by atoms with Crippen LogP contribution in [0.1, 0.15) is 20.8 Å². The second kappa shape index (κ2) is 29.0. The molecule has 1 aromatic rings. The summed E-state index contributed by atoms with van der Waals surface area (Å²) < 4.78 is 82.7. The van der Waals surface area contributed by atoms with E-state index in [1.165, 1.54) is 12.1 Å². The highest BCUT2D eigenvalue weighted by molar-refractivity contribution is 7.86. The van der Waals surface area contributed by atoms with Crippen molar-refractivity contribution in [1.29, 1.82) is 0 Å². The minimum absolute atomic E-state index is 0.0629. The molecular weight excluding hydrogens is 642 g/mol. The zero-order valence-corrected chi connectivity index (χ0v) is 29.0. The summed E-state index contributed by atoms with van der Waals surface area (Å²) >= 11 is 0. The first-order chi connectivity index (χ1) is 22.7. The normalized spacial score (nSPS) is 12.0. The fourth-order valence-electron chi connectivity index (χ4n) is 3.26. The van der Waals surface area contributed by atoms with Gasteiger partial charge >= 0.3 is 6.09 Å². The molecule has 1 amide bonds. The SMILES string of the molecule is CC(C)(C)OC(=O)NCCOCCOCCOCCOCCOCCOCCOCCOCCOCCOS(=O)(=O)c1ccccc1. The molecule has 0 unspecified atom stereocenters. The molecule has 1 aromatic carbocycles. The Morgan fingerprint density at radius 1 is 0.532 bits per heavy atom. The summed E-state index contributed by atoms with van der Waals surface area (Å²) in [4.78, 5) is 11.6. The Morgan fingerprint density at radius 3 is 1.19 bits per heavy atom. The van der Waals surface area contributed by atoms with Crippen LogP contribution < -0.4 is 5.32 Å². The number of ether oxygens (including phenoxy) is 10. The summed E-state index contributed by atoms with van der Waals surface area (Å²) in [5, 5.41) is 2.62. The fourth-order valence-corrected chi connectivity index (χ4v) is 4.17. The summed E-state index contributed by atoms with van der Waals surface area (Å²) in [7, 11) is -3.76. The van der Waals surface area contributed by atoms with E-state index in [1.54, 1.807) is 18.2 Å². The van der Waals surface area contributed by atoms with Gasteiger partial charge in [0.15, 0.2) is 0 Å². The van der Waals surface area contributed by atoms with Crippen LogP contribution in [0.5, 0.6) is 0 Å². The molecule has 0 fully saturated rings. The summed E-state index contributed by atoms with van der Waals surface area (Å²) in [5.74, 6) is 0. The van der Waals surface area contributed by atoms with Gasteiger partial charge in [-0.05, 0) is 32.9 Å². The Bertz CT molecular complexity index is 963. The van der Waals surface area contributed by atoms with Crippen molar-refractivity contribution >= 4 is 16.2 Å². The number of hydrogen-bond acceptors (Lipinski definition) is 14. The summed E-state index contributed by atoms with van der Waals surface area (Å²) in [6, 6.07) is 7.96. The maximum Gasteiger partial charge on any atom is 0.407 e. The number of carbonyl (C=O) groups excluding carboxylic acids is 1. The molecule has 0 saturated heterocycles. The molecule has 0 aliphatic heterocycles. The van der Waals surface area contributed by atoms with E-state index in [0.29, 0.717) is 119 Å². The van der Waals surface area contributed by atoms with Gasteiger partial charge in [-0.1, -0.05) is 18.2 Å². The summed E-state index contributed by atoms with van der Waals surface area (Å²) in [6.45, 7) is 13.3. The van der Waals surface area contributed by atoms with E-state index < -0.39 is 21.8 Å². The van der Waals surface area contributed by atoms with E-state index in [2.05, 4.69) is 5.32 Å². The van der Waals surface area contributed by atoms with Crippen LogP contribution in [0.15, 0.2) is 35.2 Å². The number of alkyl carbamates (subject to hydrolysis) is 1. The van der Waals surface area contributed by atoms with Gasteiger partial charge in [0.25, 0.3) is 10.1 Å². The monoisotopic (exact) mass is 697 g/mol. The Morgan fingerprint density at radius 2 is 0.851 bits per heavy atom. The van der Waals surface area contributed by atoms with E-state index in [4.69, 9.17) is 51.6 Å². The minimum atomic E-state index is -3.76. The quantitative estimate of drug-likeness (QED) is 0.0859. The molecule has 1 rings (SSSR count). The Hall–Kier alpha value is -1.96. The van der Waals surface area contributed by atoms with Gasteiger partial charge in [0, 0.05) is 6.54 Å². The molecule has 0 spiro atoms. The minimum Gasteiger partial charge on any atom is -0.444 e. The lowest BCUT2D eigenvalue weighted by atomic mass is 10.2. The first-order valence-electron chi connectivity index (χ1n) is 15.8. The van der Waals surface area contributed by atoms with Crippen LogP contribution in [-0.4, -0.2) is 152 Å². The molecule has 47 heavy (non-hydrogen) atoms. The maximum absolute atomic E-state index is 12.0. The van der Waals surface area contributed by atoms with Gasteiger partial charge < -0.3 is 52.7 Å². The van der Waals surface area contributed by atoms with Gasteiger partial charge in [0.1, 0.15) is 5.60 Å². The topological polar surface area (TPSA) is 165 Å². The number of amides is 1. The van der Waals surface area contributed by atoms with Crippen molar-refractivity contribution < 1.29 is 64.8 Å². The van der Waals surface area contributed by atoms with Crippen molar-refractivity contribution in [2.45, 2.75) is 31.3 Å². The first-order valence-corrected chi connectivity index (χ1v) is 17.2. The predicted molar refractivity (Wildman–Crippen MR) is 171 cm³/mol. The Labute approximate surface area is 279 Å². The van der Waals surface area contributed by atoms with Crippen LogP contribution in [0.2, 0.25) is 0 Å². The molecule has 15 nitrogen and oxygen atoms in total. The van der Waals surface area contributed by atoms with Crippen molar-refractivity contribution in [3.05, 3.63) is 30.3 Å². The lowest BCUT2D eigenvalue weighted by Crippen LogP contribution is -2.34. The molecule has 0 aliphatic carbocycles. The first kappa shape index (κ1) is 43.1. The molecule has 0 saturated carbocycles. The van der Waals surface area contributed by atoms with E-state index in [9.17, 15) is 13.2 Å². The molecule has 0 radical (unpaired) electrons. The van der Waals surface area contributed by atoms with Crippen molar-refractivity contribution in [2.75, 3.05) is 132 Å². The molecule has 0 aromatic heterocycles. The zero-order valence-electron chi connectivity index (χ0n) is 28.2. The third kappa shape index (κ3) is 28.7. The highest BCUT2D eigenvalue weighted by Crippen LogP contribution is 2.10. The molecule has 0 aliphatic rings. The number of rotatable bonds is 32. The number of nitrogens with one attached hydrogen (secondary N) is 1. The standard InChI is InChI=1S/C31H55NO14S/c1-31(2,3)46-30(33)32-9-10-36-11-12-37-13-14-38-15-16-39-17-18-40-19-20-41-21-22-42-23-24-43-25-26-44-27-28-45-47(34,35)29-7-5-4-6-8-29/h4-8H,9-28H2,1-3H3,(H,32,33). The van der Waals surface area contributed by atoms with Crippen LogP contribution in [-0.2, 0) is 61.7 Å². The van der Waals surface area contributed by atoms with Crippen molar-refractivity contribution in [2.24, 2.45) is 0 Å². The van der Waals surface area contributed by atoms with Gasteiger partial charge in [-0.25, -0.2) is 4.79 Å². The van der Waals surface area contributed by atoms with Crippen LogP contribution in [0.25, 0.3) is 0 Å². The van der Waals surface area contributed by atoms with Crippen molar-refractivity contribution in [3.8, 4) is 0 Å². The lowest BCUT2D eigenvalue weighted by Gasteiger charge is -2.19. The summed E-state index contributed by atoms with van der Waals surface area (Å²) in [6.07, 6.45) is -0.460. The second-order valence-electron chi connectivity index (χ2n) is 10.5. The largest absolute Gasteiger partial charge is 0.444 e. The van der Waals surface area contributed by atoms with Crippen LogP contribution >= 0.6 is 0 Å². The third-order valence-corrected chi connectivity index (χ3v) is 6.72. The summed E-state index contributed by atoms with van der Waals surface area (Å²) in [5.41, 5.74) is -0.518. The van der Waals surface area contributed by atoms with E-state index >= 15 is 0 Å². The third-order valence-electron chi connectivity index (χ3n) is 5.39. The molecule has 16 heteroatoms. The molecule has 0 heterocycles. The van der Waals surface area contributed by atoms with Crippen molar-refractivity contribution in [3.63, 3.8) is 0 Å². The highest BCUT2D eigenvalue weighted by atomic mass is 32.2. The van der Waals surface area contributed by atoms with E-state index in [-0.39, 0.29) is 18.1 Å². The second-order valence-corrected chi connectivity index (χ2v) is 12.1. The average molecular weight is 698 g/mol. The number of hydrogen-bond donors (Lipinski definition) is 1. The van der Waals surface area contributed by atoms with E-state index in [1.807, 2.05) is 20.8 Å². The molecular formula is C31H55NO14S. The average Bonchev–Trinajstić information content (AvgIpc) is 3.03.